The standard InChI is InChI=1S/C17H14ClNOS/c1-21-17-9-5-4-8-15(17)20-16-10-12(11-18)19-14-7-3-2-6-13(14)16/h2-10H,11H2,1H3. The van der Waals surface area contributed by atoms with E-state index in [1.165, 1.54) is 0 Å². The predicted octanol–water partition coefficient (Wildman–Crippen LogP) is 5.49. The Morgan fingerprint density at radius 2 is 1.81 bits per heavy atom. The SMILES string of the molecule is CSc1ccccc1Oc1cc(CCl)nc2ccccc12. The van der Waals surface area contributed by atoms with Crippen LogP contribution in [0.15, 0.2) is 59.5 Å². The summed E-state index contributed by atoms with van der Waals surface area (Å²) >= 11 is 7.60. The normalized spacial score (nSPS) is 10.8. The van der Waals surface area contributed by atoms with Crippen molar-refractivity contribution in [1.29, 1.82) is 0 Å². The Bertz CT molecular complexity index is 776. The maximum atomic E-state index is 6.14. The van der Waals surface area contributed by atoms with Crippen molar-refractivity contribution < 1.29 is 4.74 Å². The lowest BCUT2D eigenvalue weighted by Gasteiger charge is -2.12. The summed E-state index contributed by atoms with van der Waals surface area (Å²) in [4.78, 5) is 5.62. The third kappa shape index (κ3) is 2.99. The summed E-state index contributed by atoms with van der Waals surface area (Å²) in [6.07, 6.45) is 2.04. The van der Waals surface area contributed by atoms with Gasteiger partial charge >= 0.3 is 0 Å². The molecule has 106 valence electrons. The lowest BCUT2D eigenvalue weighted by Crippen LogP contribution is -1.93. The van der Waals surface area contributed by atoms with E-state index in [4.69, 9.17) is 16.3 Å². The van der Waals surface area contributed by atoms with Crippen molar-refractivity contribution in [3.63, 3.8) is 0 Å². The summed E-state index contributed by atoms with van der Waals surface area (Å²) in [5.74, 6) is 2.00. The number of aromatic nitrogens is 1. The molecule has 1 heterocycles. The Morgan fingerprint density at radius 1 is 1.05 bits per heavy atom. The van der Waals surface area contributed by atoms with Gasteiger partial charge in [0, 0.05) is 16.3 Å². The number of benzene rings is 2. The smallest absolute Gasteiger partial charge is 0.140 e. The van der Waals surface area contributed by atoms with Crippen molar-refractivity contribution in [2.75, 3.05) is 6.26 Å². The van der Waals surface area contributed by atoms with E-state index in [9.17, 15) is 0 Å². The summed E-state index contributed by atoms with van der Waals surface area (Å²) in [6.45, 7) is 0. The van der Waals surface area contributed by atoms with Crippen LogP contribution in [0.1, 0.15) is 5.69 Å². The van der Waals surface area contributed by atoms with Gasteiger partial charge in [-0.15, -0.1) is 23.4 Å². The molecular formula is C17H14ClNOS. The number of hydrogen-bond donors (Lipinski definition) is 0. The van der Waals surface area contributed by atoms with E-state index in [0.29, 0.717) is 5.88 Å². The Balaban J connectivity index is 2.11. The fraction of sp³-hybridized carbons (Fsp3) is 0.118. The Kier molecular flexibility index (Phi) is 4.32. The molecular weight excluding hydrogens is 302 g/mol. The monoisotopic (exact) mass is 315 g/mol. The molecule has 0 saturated heterocycles. The van der Waals surface area contributed by atoms with Gasteiger partial charge in [-0.1, -0.05) is 24.3 Å². The molecule has 0 bridgehead atoms. The summed E-state index contributed by atoms with van der Waals surface area (Å²) < 4.78 is 6.14. The first-order chi connectivity index (χ1) is 10.3. The third-order valence-electron chi connectivity index (χ3n) is 3.16. The van der Waals surface area contributed by atoms with Gasteiger partial charge in [-0.05, 0) is 30.5 Å². The van der Waals surface area contributed by atoms with Gasteiger partial charge in [0.1, 0.15) is 11.5 Å². The highest BCUT2D eigenvalue weighted by atomic mass is 35.5. The average Bonchev–Trinajstić information content (AvgIpc) is 2.55. The molecule has 21 heavy (non-hydrogen) atoms. The highest BCUT2D eigenvalue weighted by Crippen LogP contribution is 2.35. The first-order valence-electron chi connectivity index (χ1n) is 6.57. The van der Waals surface area contributed by atoms with Gasteiger partial charge < -0.3 is 4.74 Å². The van der Waals surface area contributed by atoms with E-state index >= 15 is 0 Å². The van der Waals surface area contributed by atoms with Crippen LogP contribution < -0.4 is 4.74 Å². The van der Waals surface area contributed by atoms with E-state index in [2.05, 4.69) is 4.98 Å². The lowest BCUT2D eigenvalue weighted by atomic mass is 10.2. The second-order valence-corrected chi connectivity index (χ2v) is 5.63. The minimum atomic E-state index is 0.366. The molecule has 0 aliphatic heterocycles. The number of pyridine rings is 1. The van der Waals surface area contributed by atoms with Crippen LogP contribution in [-0.4, -0.2) is 11.2 Å². The number of halogens is 1. The molecule has 0 radical (unpaired) electrons. The third-order valence-corrected chi connectivity index (χ3v) is 4.21. The molecule has 2 nitrogen and oxygen atoms in total. The summed E-state index contributed by atoms with van der Waals surface area (Å²) in [5, 5.41) is 0.988. The molecule has 0 unspecified atom stereocenters. The molecule has 0 amide bonds. The molecule has 0 atom stereocenters. The van der Waals surface area contributed by atoms with Crippen molar-refractivity contribution in [1.82, 2.24) is 4.98 Å². The van der Waals surface area contributed by atoms with E-state index in [1.54, 1.807) is 11.8 Å². The van der Waals surface area contributed by atoms with Crippen LogP contribution in [0.5, 0.6) is 11.5 Å². The number of ether oxygens (including phenoxy) is 1. The topological polar surface area (TPSA) is 22.1 Å². The molecule has 0 saturated carbocycles. The van der Waals surface area contributed by atoms with Crippen molar-refractivity contribution in [2.24, 2.45) is 0 Å². The molecule has 1 aromatic heterocycles. The van der Waals surface area contributed by atoms with Crippen molar-refractivity contribution in [3.8, 4) is 11.5 Å². The second-order valence-electron chi connectivity index (χ2n) is 4.52. The minimum Gasteiger partial charge on any atom is -0.455 e. The van der Waals surface area contributed by atoms with Gasteiger partial charge in [0.25, 0.3) is 0 Å². The van der Waals surface area contributed by atoms with Gasteiger partial charge in [-0.3, -0.25) is 4.98 Å². The summed E-state index contributed by atoms with van der Waals surface area (Å²) in [6, 6.07) is 17.8. The second kappa shape index (κ2) is 6.37. The van der Waals surface area contributed by atoms with Gasteiger partial charge in [-0.25, -0.2) is 0 Å². The number of rotatable bonds is 4. The average molecular weight is 316 g/mol. The fourth-order valence-electron chi connectivity index (χ4n) is 2.17. The maximum Gasteiger partial charge on any atom is 0.140 e. The highest BCUT2D eigenvalue weighted by Gasteiger charge is 2.09. The van der Waals surface area contributed by atoms with Crippen LogP contribution in [0.4, 0.5) is 0 Å². The highest BCUT2D eigenvalue weighted by molar-refractivity contribution is 7.98. The lowest BCUT2D eigenvalue weighted by molar-refractivity contribution is 0.475. The van der Waals surface area contributed by atoms with Gasteiger partial charge in [0.05, 0.1) is 17.1 Å². The van der Waals surface area contributed by atoms with Gasteiger partial charge in [0.15, 0.2) is 0 Å². The van der Waals surface area contributed by atoms with E-state index in [0.717, 1.165) is 33.0 Å². The van der Waals surface area contributed by atoms with Gasteiger partial charge in [0.2, 0.25) is 0 Å². The van der Waals surface area contributed by atoms with Crippen LogP contribution in [0.3, 0.4) is 0 Å². The zero-order valence-corrected chi connectivity index (χ0v) is 13.1. The fourth-order valence-corrected chi connectivity index (χ4v) is 2.83. The van der Waals surface area contributed by atoms with Crippen LogP contribution in [0, 0.1) is 0 Å². The number of hydrogen-bond acceptors (Lipinski definition) is 3. The van der Waals surface area contributed by atoms with Gasteiger partial charge in [-0.2, -0.15) is 0 Å². The zero-order valence-electron chi connectivity index (χ0n) is 11.5. The van der Waals surface area contributed by atoms with Crippen molar-refractivity contribution in [2.45, 2.75) is 10.8 Å². The number of para-hydroxylation sites is 2. The Hall–Kier alpha value is -1.71. The predicted molar refractivity (Wildman–Crippen MR) is 89.6 cm³/mol. The van der Waals surface area contributed by atoms with Crippen molar-refractivity contribution in [3.05, 3.63) is 60.3 Å². The number of fused-ring (bicyclic) bond motifs is 1. The Morgan fingerprint density at radius 3 is 2.62 bits per heavy atom. The van der Waals surface area contributed by atoms with E-state index < -0.39 is 0 Å². The molecule has 4 heteroatoms. The molecule has 3 aromatic rings. The van der Waals surface area contributed by atoms with E-state index in [1.807, 2.05) is 60.9 Å². The number of nitrogens with zero attached hydrogens (tertiary/aromatic N) is 1. The number of thioether (sulfide) groups is 1. The van der Waals surface area contributed by atoms with Crippen LogP contribution >= 0.6 is 23.4 Å². The quantitative estimate of drug-likeness (QED) is 0.469. The first-order valence-corrected chi connectivity index (χ1v) is 8.33. The van der Waals surface area contributed by atoms with Crippen LogP contribution in [0.25, 0.3) is 10.9 Å². The molecule has 0 aliphatic rings. The summed E-state index contributed by atoms with van der Waals surface area (Å²) in [7, 11) is 0. The van der Waals surface area contributed by atoms with Crippen LogP contribution in [-0.2, 0) is 5.88 Å². The Labute approximate surface area is 133 Å². The minimum absolute atomic E-state index is 0.366. The summed E-state index contributed by atoms with van der Waals surface area (Å²) in [5.41, 5.74) is 1.71. The molecule has 0 N–H and O–H groups in total. The largest absolute Gasteiger partial charge is 0.455 e. The maximum absolute atomic E-state index is 6.14. The number of alkyl halides is 1. The van der Waals surface area contributed by atoms with E-state index in [-0.39, 0.29) is 0 Å². The van der Waals surface area contributed by atoms with Crippen molar-refractivity contribution >= 4 is 34.3 Å². The molecule has 0 aliphatic carbocycles. The van der Waals surface area contributed by atoms with Crippen LogP contribution in [0.2, 0.25) is 0 Å². The molecule has 0 spiro atoms. The molecule has 0 fully saturated rings. The zero-order chi connectivity index (χ0) is 14.7. The first kappa shape index (κ1) is 14.2. The molecule has 2 aromatic carbocycles. The molecule has 3 rings (SSSR count).